The van der Waals surface area contributed by atoms with Crippen molar-refractivity contribution in [3.8, 4) is 0 Å². The van der Waals surface area contributed by atoms with Crippen molar-refractivity contribution in [2.75, 3.05) is 10.0 Å². The molecule has 3 rings (SSSR count). The third kappa shape index (κ3) is 4.62. The SMILES string of the molecule is Cc1cnc(NC(=O)c2ccc(Cl)c(NS(=O)(=O)c3ccc(F)cc3)c2)s1. The lowest BCUT2D eigenvalue weighted by Gasteiger charge is -2.11. The number of rotatable bonds is 5. The van der Waals surface area contributed by atoms with E-state index >= 15 is 0 Å². The minimum Gasteiger partial charge on any atom is -0.298 e. The number of benzene rings is 2. The first-order valence-electron chi connectivity index (χ1n) is 7.56. The summed E-state index contributed by atoms with van der Waals surface area (Å²) in [5, 5.41) is 3.18. The quantitative estimate of drug-likeness (QED) is 0.638. The summed E-state index contributed by atoms with van der Waals surface area (Å²) in [6, 6.07) is 8.53. The van der Waals surface area contributed by atoms with Gasteiger partial charge in [0.25, 0.3) is 15.9 Å². The summed E-state index contributed by atoms with van der Waals surface area (Å²) in [7, 11) is -3.99. The summed E-state index contributed by atoms with van der Waals surface area (Å²) < 4.78 is 40.2. The zero-order valence-corrected chi connectivity index (χ0v) is 16.3. The van der Waals surface area contributed by atoms with Crippen molar-refractivity contribution < 1.29 is 17.6 Å². The lowest BCUT2D eigenvalue weighted by molar-refractivity contribution is 0.102. The zero-order chi connectivity index (χ0) is 19.6. The monoisotopic (exact) mass is 425 g/mol. The molecule has 1 heterocycles. The maximum Gasteiger partial charge on any atom is 0.261 e. The molecule has 0 unspecified atom stereocenters. The van der Waals surface area contributed by atoms with Crippen molar-refractivity contribution in [3.63, 3.8) is 0 Å². The van der Waals surface area contributed by atoms with E-state index < -0.39 is 21.7 Å². The normalized spacial score (nSPS) is 11.2. The molecular formula is C17H13ClFN3O3S2. The topological polar surface area (TPSA) is 88.2 Å². The molecular weight excluding hydrogens is 413 g/mol. The highest BCUT2D eigenvalue weighted by Gasteiger charge is 2.18. The Balaban J connectivity index is 1.84. The van der Waals surface area contributed by atoms with Crippen LogP contribution in [0.15, 0.2) is 53.6 Å². The maximum atomic E-state index is 13.0. The molecule has 0 fully saturated rings. The van der Waals surface area contributed by atoms with E-state index in [1.165, 1.54) is 29.5 Å². The van der Waals surface area contributed by atoms with Crippen molar-refractivity contribution in [1.82, 2.24) is 4.98 Å². The van der Waals surface area contributed by atoms with Gasteiger partial charge >= 0.3 is 0 Å². The van der Waals surface area contributed by atoms with Gasteiger partial charge in [0.15, 0.2) is 5.13 Å². The highest BCUT2D eigenvalue weighted by Crippen LogP contribution is 2.27. The molecule has 1 aromatic heterocycles. The highest BCUT2D eigenvalue weighted by molar-refractivity contribution is 7.92. The van der Waals surface area contributed by atoms with Crippen LogP contribution in [0.5, 0.6) is 0 Å². The van der Waals surface area contributed by atoms with Crippen molar-refractivity contribution in [2.24, 2.45) is 0 Å². The number of amides is 1. The number of nitrogens with one attached hydrogen (secondary N) is 2. The fourth-order valence-corrected chi connectivity index (χ4v) is 4.09. The number of anilines is 2. The standard InChI is InChI=1S/C17H13ClFN3O3S2/c1-10-9-20-17(26-10)21-16(23)11-2-7-14(18)15(8-11)22-27(24,25)13-5-3-12(19)4-6-13/h2-9,22H,1H3,(H,20,21,23). The second-order valence-corrected chi connectivity index (χ2v) is 8.81. The number of hydrogen-bond acceptors (Lipinski definition) is 5. The Bertz CT molecular complexity index is 1100. The number of carbonyl (C=O) groups is 1. The zero-order valence-electron chi connectivity index (χ0n) is 13.9. The molecule has 10 heteroatoms. The van der Waals surface area contributed by atoms with Crippen molar-refractivity contribution in [1.29, 1.82) is 0 Å². The van der Waals surface area contributed by atoms with Crippen LogP contribution in [0.4, 0.5) is 15.2 Å². The second-order valence-electron chi connectivity index (χ2n) is 5.48. The largest absolute Gasteiger partial charge is 0.298 e. The number of hydrogen-bond donors (Lipinski definition) is 2. The smallest absolute Gasteiger partial charge is 0.261 e. The van der Waals surface area contributed by atoms with E-state index in [9.17, 15) is 17.6 Å². The second kappa shape index (κ2) is 7.63. The van der Waals surface area contributed by atoms with Gasteiger partial charge in [0, 0.05) is 16.6 Å². The summed E-state index contributed by atoms with van der Waals surface area (Å²) in [6.07, 6.45) is 1.63. The molecule has 0 radical (unpaired) electrons. The molecule has 0 spiro atoms. The van der Waals surface area contributed by atoms with Gasteiger partial charge < -0.3 is 0 Å². The molecule has 0 aliphatic heterocycles. The first-order valence-corrected chi connectivity index (χ1v) is 10.2. The van der Waals surface area contributed by atoms with Gasteiger partial charge in [-0.3, -0.25) is 14.8 Å². The molecule has 1 amide bonds. The average Bonchev–Trinajstić information content (AvgIpc) is 3.02. The van der Waals surface area contributed by atoms with E-state index in [-0.39, 0.29) is 21.2 Å². The van der Waals surface area contributed by atoms with E-state index in [1.807, 2.05) is 6.92 Å². The Morgan fingerprint density at radius 3 is 2.52 bits per heavy atom. The molecule has 2 aromatic carbocycles. The Kier molecular flexibility index (Phi) is 5.45. The minimum absolute atomic E-state index is 0.0314. The van der Waals surface area contributed by atoms with Crippen molar-refractivity contribution in [3.05, 3.63) is 69.9 Å². The van der Waals surface area contributed by atoms with Gasteiger partial charge in [-0.05, 0) is 49.4 Å². The van der Waals surface area contributed by atoms with Crippen LogP contribution >= 0.6 is 22.9 Å². The predicted octanol–water partition coefficient (Wildman–Crippen LogP) is 4.30. The Hall–Kier alpha value is -2.49. The molecule has 140 valence electrons. The van der Waals surface area contributed by atoms with Crippen LogP contribution in [-0.2, 0) is 10.0 Å². The highest BCUT2D eigenvalue weighted by atomic mass is 35.5. The van der Waals surface area contributed by atoms with Crippen LogP contribution in [0.2, 0.25) is 5.02 Å². The number of aromatic nitrogens is 1. The Morgan fingerprint density at radius 2 is 1.89 bits per heavy atom. The molecule has 2 N–H and O–H groups in total. The number of halogens is 2. The van der Waals surface area contributed by atoms with Crippen molar-refractivity contribution in [2.45, 2.75) is 11.8 Å². The molecule has 6 nitrogen and oxygen atoms in total. The lowest BCUT2D eigenvalue weighted by atomic mass is 10.2. The molecule has 0 aliphatic rings. The average molecular weight is 426 g/mol. The fourth-order valence-electron chi connectivity index (χ4n) is 2.14. The van der Waals surface area contributed by atoms with E-state index in [1.54, 1.807) is 6.20 Å². The third-order valence-corrected chi connectivity index (χ3v) is 5.98. The van der Waals surface area contributed by atoms with Crippen LogP contribution in [0.25, 0.3) is 0 Å². The predicted molar refractivity (Wildman–Crippen MR) is 103 cm³/mol. The summed E-state index contributed by atoms with van der Waals surface area (Å²) in [6.45, 7) is 1.86. The molecule has 0 saturated carbocycles. The fraction of sp³-hybridized carbons (Fsp3) is 0.0588. The minimum atomic E-state index is -3.99. The van der Waals surface area contributed by atoms with Gasteiger partial charge in [0.1, 0.15) is 5.82 Å². The number of sulfonamides is 1. The van der Waals surface area contributed by atoms with Gasteiger partial charge in [-0.25, -0.2) is 17.8 Å². The van der Waals surface area contributed by atoms with Gasteiger partial charge in [-0.15, -0.1) is 11.3 Å². The van der Waals surface area contributed by atoms with Crippen LogP contribution in [0, 0.1) is 12.7 Å². The molecule has 3 aromatic rings. The van der Waals surface area contributed by atoms with Crippen LogP contribution < -0.4 is 10.0 Å². The van der Waals surface area contributed by atoms with Crippen LogP contribution in [-0.4, -0.2) is 19.3 Å². The first-order chi connectivity index (χ1) is 12.7. The van der Waals surface area contributed by atoms with Gasteiger partial charge in [0.05, 0.1) is 15.6 Å². The van der Waals surface area contributed by atoms with E-state index in [0.29, 0.717) is 5.13 Å². The molecule has 0 atom stereocenters. The van der Waals surface area contributed by atoms with E-state index in [0.717, 1.165) is 29.1 Å². The number of nitrogens with zero attached hydrogens (tertiary/aromatic N) is 1. The van der Waals surface area contributed by atoms with E-state index in [2.05, 4.69) is 15.0 Å². The van der Waals surface area contributed by atoms with E-state index in [4.69, 9.17) is 11.6 Å². The third-order valence-electron chi connectivity index (χ3n) is 3.44. The summed E-state index contributed by atoms with van der Waals surface area (Å²) in [5.41, 5.74) is 0.230. The molecule has 27 heavy (non-hydrogen) atoms. The number of thiazole rings is 1. The number of carbonyl (C=O) groups excluding carboxylic acids is 1. The van der Waals surface area contributed by atoms with Crippen LogP contribution in [0.3, 0.4) is 0 Å². The maximum absolute atomic E-state index is 13.0. The molecule has 0 saturated heterocycles. The Morgan fingerprint density at radius 1 is 1.19 bits per heavy atom. The number of aryl methyl sites for hydroxylation is 1. The Labute approximate surface area is 164 Å². The molecule has 0 aliphatic carbocycles. The summed E-state index contributed by atoms with van der Waals surface area (Å²) in [4.78, 5) is 17.2. The van der Waals surface area contributed by atoms with Crippen molar-refractivity contribution >= 4 is 49.7 Å². The van der Waals surface area contributed by atoms with Gasteiger partial charge in [-0.1, -0.05) is 11.6 Å². The summed E-state index contributed by atoms with van der Waals surface area (Å²) >= 11 is 7.37. The summed E-state index contributed by atoms with van der Waals surface area (Å²) in [5.74, 6) is -1.01. The lowest BCUT2D eigenvalue weighted by Crippen LogP contribution is -2.15. The first kappa shape index (κ1) is 19.3. The van der Waals surface area contributed by atoms with Gasteiger partial charge in [-0.2, -0.15) is 0 Å². The van der Waals surface area contributed by atoms with Crippen LogP contribution in [0.1, 0.15) is 15.2 Å². The van der Waals surface area contributed by atoms with Gasteiger partial charge in [0.2, 0.25) is 0 Å². The molecule has 0 bridgehead atoms.